The molecule has 4 aliphatic carbocycles. The standard InChI is InChI=1S/C30H44O8/c1-25(2)15-9-10-19-27(5)13-18(32)23(30(8,38)21(34)12-20(33)26(3,4)37)28(27,6)14-22(35)29(19,7)16(15)11-17(31)24(25)36/h9,16,18-20,23,32-33,37-38H,10-14H2,1-8H3. The molecule has 0 radical (unpaired) electrons. The Morgan fingerprint density at radius 1 is 1.05 bits per heavy atom. The normalized spacial score (nSPS) is 42.9. The van der Waals surface area contributed by atoms with Crippen molar-refractivity contribution in [1.29, 1.82) is 0 Å². The van der Waals surface area contributed by atoms with E-state index in [4.69, 9.17) is 0 Å². The third-order valence-corrected chi connectivity index (χ3v) is 11.6. The Morgan fingerprint density at radius 3 is 2.18 bits per heavy atom. The van der Waals surface area contributed by atoms with Crippen LogP contribution in [0.3, 0.4) is 0 Å². The first kappa shape index (κ1) is 29.2. The number of ketones is 4. The number of hydrogen-bond donors (Lipinski definition) is 4. The smallest absolute Gasteiger partial charge is 0.207 e. The lowest BCUT2D eigenvalue weighted by atomic mass is 9.38. The summed E-state index contributed by atoms with van der Waals surface area (Å²) in [5.41, 5.74) is -6.33. The molecule has 0 spiro atoms. The van der Waals surface area contributed by atoms with Gasteiger partial charge < -0.3 is 20.4 Å². The number of hydrogen-bond acceptors (Lipinski definition) is 8. The number of Topliss-reactive ketones (excluding diaryl/α,β-unsaturated/α-hetero) is 4. The second kappa shape index (κ2) is 8.38. The topological polar surface area (TPSA) is 149 Å². The molecular formula is C30H44O8. The van der Waals surface area contributed by atoms with Crippen molar-refractivity contribution in [1.82, 2.24) is 0 Å². The molecule has 4 N–H and O–H groups in total. The third-order valence-electron chi connectivity index (χ3n) is 11.6. The molecule has 0 heterocycles. The lowest BCUT2D eigenvalue weighted by Gasteiger charge is -2.64. The van der Waals surface area contributed by atoms with Crippen molar-refractivity contribution in [2.45, 2.75) is 111 Å². The largest absolute Gasteiger partial charge is 0.393 e. The van der Waals surface area contributed by atoms with Gasteiger partial charge in [0.2, 0.25) is 5.78 Å². The van der Waals surface area contributed by atoms with E-state index >= 15 is 0 Å². The average Bonchev–Trinajstić information content (AvgIpc) is 2.97. The van der Waals surface area contributed by atoms with Crippen LogP contribution in [0.1, 0.15) is 87.5 Å². The predicted octanol–water partition coefficient (Wildman–Crippen LogP) is 2.33. The number of allylic oxidation sites excluding steroid dienone is 2. The summed E-state index contributed by atoms with van der Waals surface area (Å²) < 4.78 is 0. The quantitative estimate of drug-likeness (QED) is 0.311. The SMILES string of the molecule is CC1(C)C(=O)C(=O)CC2C1=CCC1C2(C)C(=O)CC2(C)C(C(C)(O)C(=O)CC(O)C(C)(C)O)C(O)CC12C. The molecular weight excluding hydrogens is 488 g/mol. The van der Waals surface area contributed by atoms with E-state index in [1.807, 2.05) is 26.8 Å². The number of aliphatic hydroxyl groups excluding tert-OH is 2. The van der Waals surface area contributed by atoms with Gasteiger partial charge in [-0.25, -0.2) is 0 Å². The third kappa shape index (κ3) is 3.62. The molecule has 0 bridgehead atoms. The highest BCUT2D eigenvalue weighted by atomic mass is 16.3. The highest BCUT2D eigenvalue weighted by molar-refractivity contribution is 6.40. The van der Waals surface area contributed by atoms with Crippen molar-refractivity contribution < 1.29 is 39.6 Å². The second-order valence-electron chi connectivity index (χ2n) is 14.5. The second-order valence-corrected chi connectivity index (χ2v) is 14.5. The zero-order valence-electron chi connectivity index (χ0n) is 23.9. The fourth-order valence-electron chi connectivity index (χ4n) is 9.02. The van der Waals surface area contributed by atoms with Crippen molar-refractivity contribution in [3.63, 3.8) is 0 Å². The molecule has 0 aromatic carbocycles. The predicted molar refractivity (Wildman–Crippen MR) is 139 cm³/mol. The van der Waals surface area contributed by atoms with E-state index in [1.54, 1.807) is 13.8 Å². The fraction of sp³-hybridized carbons (Fsp3) is 0.800. The maximum absolute atomic E-state index is 14.2. The van der Waals surface area contributed by atoms with Gasteiger partial charge in [0.25, 0.3) is 0 Å². The number of rotatable bonds is 5. The molecule has 212 valence electrons. The van der Waals surface area contributed by atoms with E-state index in [2.05, 4.69) is 0 Å². The summed E-state index contributed by atoms with van der Waals surface area (Å²) in [6, 6.07) is 0. The van der Waals surface area contributed by atoms with E-state index in [1.165, 1.54) is 20.8 Å². The van der Waals surface area contributed by atoms with E-state index in [0.717, 1.165) is 5.57 Å². The van der Waals surface area contributed by atoms with E-state index in [9.17, 15) is 39.6 Å². The fourth-order valence-corrected chi connectivity index (χ4v) is 9.02. The summed E-state index contributed by atoms with van der Waals surface area (Å²) in [7, 11) is 0. The van der Waals surface area contributed by atoms with Crippen molar-refractivity contribution in [2.24, 2.45) is 39.4 Å². The van der Waals surface area contributed by atoms with Crippen molar-refractivity contribution in [2.75, 3.05) is 0 Å². The van der Waals surface area contributed by atoms with Gasteiger partial charge >= 0.3 is 0 Å². The molecule has 0 aliphatic heterocycles. The first-order valence-corrected chi connectivity index (χ1v) is 13.7. The van der Waals surface area contributed by atoms with Crippen molar-refractivity contribution >= 4 is 23.1 Å². The first-order valence-electron chi connectivity index (χ1n) is 13.7. The van der Waals surface area contributed by atoms with Crippen LogP contribution in [0, 0.1) is 39.4 Å². The molecule has 8 heteroatoms. The molecule has 4 aliphatic rings. The van der Waals surface area contributed by atoms with Crippen LogP contribution in [-0.2, 0) is 19.2 Å². The van der Waals surface area contributed by atoms with E-state index in [0.29, 0.717) is 6.42 Å². The molecule has 0 aromatic rings. The number of carbonyl (C=O) groups is 4. The molecule has 3 saturated carbocycles. The molecule has 38 heavy (non-hydrogen) atoms. The van der Waals surface area contributed by atoms with Gasteiger partial charge in [-0.2, -0.15) is 0 Å². The Bertz CT molecular complexity index is 1130. The average molecular weight is 533 g/mol. The van der Waals surface area contributed by atoms with Crippen LogP contribution in [0.4, 0.5) is 0 Å². The summed E-state index contributed by atoms with van der Waals surface area (Å²) in [6.07, 6.45) is -0.265. The summed E-state index contributed by atoms with van der Waals surface area (Å²) in [6.45, 7) is 13.3. The summed E-state index contributed by atoms with van der Waals surface area (Å²) in [5.74, 6) is -3.36. The molecule has 0 aromatic heterocycles. The zero-order valence-corrected chi connectivity index (χ0v) is 23.9. The highest BCUT2D eigenvalue weighted by Gasteiger charge is 2.74. The summed E-state index contributed by atoms with van der Waals surface area (Å²) in [4.78, 5) is 53.1. The number of carbonyl (C=O) groups excluding carboxylic acids is 4. The van der Waals surface area contributed by atoms with Crippen LogP contribution in [0.15, 0.2) is 11.6 Å². The van der Waals surface area contributed by atoms with Crippen LogP contribution in [-0.4, -0.2) is 67.0 Å². The van der Waals surface area contributed by atoms with Gasteiger partial charge in [-0.1, -0.05) is 32.4 Å². The number of fused-ring (bicyclic) bond motifs is 5. The van der Waals surface area contributed by atoms with Crippen molar-refractivity contribution in [3.05, 3.63) is 11.6 Å². The Morgan fingerprint density at radius 2 is 1.63 bits per heavy atom. The van der Waals surface area contributed by atoms with Crippen LogP contribution in [0.25, 0.3) is 0 Å². The summed E-state index contributed by atoms with van der Waals surface area (Å²) >= 11 is 0. The Balaban J connectivity index is 1.78. The minimum absolute atomic E-state index is 0.00203. The Hall–Kier alpha value is -1.74. The molecule has 3 fully saturated rings. The van der Waals surface area contributed by atoms with Crippen LogP contribution in [0.2, 0.25) is 0 Å². The molecule has 0 saturated heterocycles. The van der Waals surface area contributed by atoms with Gasteiger partial charge in [0, 0.05) is 36.5 Å². The molecule has 9 atom stereocenters. The lowest BCUT2D eigenvalue weighted by molar-refractivity contribution is -0.184. The maximum Gasteiger partial charge on any atom is 0.207 e. The Kier molecular flexibility index (Phi) is 6.45. The van der Waals surface area contributed by atoms with Crippen LogP contribution in [0.5, 0.6) is 0 Å². The van der Waals surface area contributed by atoms with Gasteiger partial charge in [0.1, 0.15) is 11.4 Å². The molecule has 8 nitrogen and oxygen atoms in total. The van der Waals surface area contributed by atoms with Gasteiger partial charge in [-0.05, 0) is 64.2 Å². The van der Waals surface area contributed by atoms with E-state index in [-0.39, 0.29) is 31.0 Å². The monoisotopic (exact) mass is 532 g/mol. The van der Waals surface area contributed by atoms with Crippen LogP contribution < -0.4 is 0 Å². The van der Waals surface area contributed by atoms with Gasteiger partial charge in [-0.15, -0.1) is 0 Å². The minimum Gasteiger partial charge on any atom is -0.393 e. The van der Waals surface area contributed by atoms with Gasteiger partial charge in [0.05, 0.1) is 23.2 Å². The molecule has 9 unspecified atom stereocenters. The van der Waals surface area contributed by atoms with Gasteiger partial charge in [-0.3, -0.25) is 19.2 Å². The van der Waals surface area contributed by atoms with E-state index < -0.39 is 80.7 Å². The highest BCUT2D eigenvalue weighted by Crippen LogP contribution is 2.74. The summed E-state index contributed by atoms with van der Waals surface area (Å²) in [5, 5.41) is 43.5. The molecule has 4 rings (SSSR count). The molecule has 0 amide bonds. The number of aliphatic hydroxyl groups is 4. The minimum atomic E-state index is -2.06. The van der Waals surface area contributed by atoms with Crippen molar-refractivity contribution in [3.8, 4) is 0 Å². The Labute approximate surface area is 224 Å². The van der Waals surface area contributed by atoms with Crippen LogP contribution >= 0.6 is 0 Å². The van der Waals surface area contributed by atoms with Gasteiger partial charge in [0.15, 0.2) is 11.6 Å². The first-order chi connectivity index (χ1) is 17.1. The lowest BCUT2D eigenvalue weighted by Crippen LogP contribution is -2.65. The zero-order chi connectivity index (χ0) is 29.0. The maximum atomic E-state index is 14.2.